The molecular formula is C16H22N2O2. The number of nitrogens with zero attached hydrogens (tertiary/aromatic N) is 2. The van der Waals surface area contributed by atoms with Gasteiger partial charge in [-0.25, -0.2) is 4.98 Å². The van der Waals surface area contributed by atoms with Gasteiger partial charge in [-0.15, -0.1) is 0 Å². The number of carbonyl (C=O) groups excluding carboxylic acids is 1. The maximum atomic E-state index is 12.2. The van der Waals surface area contributed by atoms with E-state index in [1.807, 2.05) is 33.8 Å². The molecule has 4 heteroatoms. The summed E-state index contributed by atoms with van der Waals surface area (Å²) in [5.74, 6) is 0.528. The average molecular weight is 274 g/mol. The van der Waals surface area contributed by atoms with Crippen LogP contribution in [0.25, 0.3) is 11.0 Å². The van der Waals surface area contributed by atoms with Crippen LogP contribution in [-0.2, 0) is 21.5 Å². The molecule has 1 aromatic carbocycles. The summed E-state index contributed by atoms with van der Waals surface area (Å²) in [6, 6.07) is 6.18. The lowest BCUT2D eigenvalue weighted by Crippen LogP contribution is -2.34. The number of benzene rings is 1. The zero-order valence-electron chi connectivity index (χ0n) is 12.9. The lowest BCUT2D eigenvalue weighted by atomic mass is 9.92. The van der Waals surface area contributed by atoms with Crippen LogP contribution in [0.4, 0.5) is 0 Å². The Bertz CT molecular complexity index is 641. The lowest BCUT2D eigenvalue weighted by Gasteiger charge is -2.22. The van der Waals surface area contributed by atoms with Crippen molar-refractivity contribution in [2.45, 2.75) is 46.6 Å². The molecule has 1 aromatic heterocycles. The van der Waals surface area contributed by atoms with E-state index in [0.29, 0.717) is 6.61 Å². The van der Waals surface area contributed by atoms with Crippen LogP contribution in [0.3, 0.4) is 0 Å². The van der Waals surface area contributed by atoms with Crippen molar-refractivity contribution in [2.24, 2.45) is 0 Å². The van der Waals surface area contributed by atoms with Crippen molar-refractivity contribution in [1.82, 2.24) is 9.55 Å². The largest absolute Gasteiger partial charge is 0.465 e. The van der Waals surface area contributed by atoms with E-state index in [-0.39, 0.29) is 5.97 Å². The fourth-order valence-corrected chi connectivity index (χ4v) is 2.44. The van der Waals surface area contributed by atoms with Gasteiger partial charge in [-0.05, 0) is 52.3 Å². The second-order valence-electron chi connectivity index (χ2n) is 5.52. The van der Waals surface area contributed by atoms with Crippen LogP contribution < -0.4 is 0 Å². The third-order valence-corrected chi connectivity index (χ3v) is 3.56. The molecule has 0 bridgehead atoms. The number of esters is 1. The molecule has 0 unspecified atom stereocenters. The van der Waals surface area contributed by atoms with Gasteiger partial charge in [-0.2, -0.15) is 0 Å². The molecule has 0 radical (unpaired) electrons. The minimum Gasteiger partial charge on any atom is -0.465 e. The molecule has 1 heterocycles. The summed E-state index contributed by atoms with van der Waals surface area (Å²) in [6.07, 6.45) is 0. The van der Waals surface area contributed by atoms with Gasteiger partial charge in [0.25, 0.3) is 0 Å². The molecule has 0 atom stereocenters. The molecule has 0 aliphatic carbocycles. The van der Waals surface area contributed by atoms with Crippen molar-refractivity contribution < 1.29 is 9.53 Å². The Kier molecular flexibility index (Phi) is 3.84. The van der Waals surface area contributed by atoms with Crippen LogP contribution in [0, 0.1) is 6.92 Å². The highest BCUT2D eigenvalue weighted by Gasteiger charge is 2.36. The summed E-state index contributed by atoms with van der Waals surface area (Å²) >= 11 is 0. The van der Waals surface area contributed by atoms with Crippen molar-refractivity contribution in [3.8, 4) is 0 Å². The van der Waals surface area contributed by atoms with Gasteiger partial charge < -0.3 is 9.30 Å². The van der Waals surface area contributed by atoms with Crippen molar-refractivity contribution in [1.29, 1.82) is 0 Å². The first-order chi connectivity index (χ1) is 9.41. The van der Waals surface area contributed by atoms with Gasteiger partial charge in [0.05, 0.1) is 17.6 Å². The molecule has 108 valence electrons. The third-order valence-electron chi connectivity index (χ3n) is 3.56. The number of ether oxygens (including phenoxy) is 1. The Labute approximate surface area is 119 Å². The molecule has 0 N–H and O–H groups in total. The summed E-state index contributed by atoms with van der Waals surface area (Å²) in [7, 11) is 0. The van der Waals surface area contributed by atoms with Gasteiger partial charge >= 0.3 is 5.97 Å². The molecule has 0 spiro atoms. The molecule has 2 aromatic rings. The number of aryl methyl sites for hydroxylation is 2. The molecule has 4 nitrogen and oxygen atoms in total. The predicted molar refractivity (Wildman–Crippen MR) is 79.8 cm³/mol. The number of hydrogen-bond acceptors (Lipinski definition) is 3. The van der Waals surface area contributed by atoms with E-state index < -0.39 is 5.41 Å². The average Bonchev–Trinajstić information content (AvgIpc) is 2.77. The SMILES string of the molecule is CCOC(=O)C(C)(C)c1nc2cc(C)ccc2n1CC. The summed E-state index contributed by atoms with van der Waals surface area (Å²) in [6.45, 7) is 10.8. The van der Waals surface area contributed by atoms with E-state index in [0.717, 1.165) is 23.4 Å². The van der Waals surface area contributed by atoms with Gasteiger partial charge in [-0.3, -0.25) is 4.79 Å². The van der Waals surface area contributed by atoms with E-state index >= 15 is 0 Å². The lowest BCUT2D eigenvalue weighted by molar-refractivity contribution is -0.149. The molecule has 0 saturated heterocycles. The minimum atomic E-state index is -0.751. The first-order valence-corrected chi connectivity index (χ1v) is 7.06. The van der Waals surface area contributed by atoms with E-state index in [1.54, 1.807) is 0 Å². The highest BCUT2D eigenvalue weighted by Crippen LogP contribution is 2.28. The van der Waals surface area contributed by atoms with Gasteiger partial charge in [0.2, 0.25) is 0 Å². The molecule has 0 saturated carbocycles. The van der Waals surface area contributed by atoms with Gasteiger partial charge in [0.1, 0.15) is 11.2 Å². The van der Waals surface area contributed by atoms with E-state index in [4.69, 9.17) is 4.74 Å². The van der Waals surface area contributed by atoms with Gasteiger partial charge in [0, 0.05) is 6.54 Å². The fraction of sp³-hybridized carbons (Fsp3) is 0.500. The summed E-state index contributed by atoms with van der Waals surface area (Å²) in [5, 5.41) is 0. The highest BCUT2D eigenvalue weighted by molar-refractivity contribution is 5.84. The van der Waals surface area contributed by atoms with Crippen molar-refractivity contribution in [3.05, 3.63) is 29.6 Å². The second kappa shape index (κ2) is 5.27. The van der Waals surface area contributed by atoms with Crippen LogP contribution in [0.1, 0.15) is 39.1 Å². The minimum absolute atomic E-state index is 0.235. The molecule has 0 aliphatic rings. The maximum absolute atomic E-state index is 12.2. The zero-order chi connectivity index (χ0) is 14.9. The van der Waals surface area contributed by atoms with Crippen LogP contribution in [-0.4, -0.2) is 22.1 Å². The van der Waals surface area contributed by atoms with Crippen LogP contribution in [0.2, 0.25) is 0 Å². The zero-order valence-corrected chi connectivity index (χ0v) is 12.9. The Morgan fingerprint density at radius 3 is 2.65 bits per heavy atom. The van der Waals surface area contributed by atoms with Crippen LogP contribution in [0.15, 0.2) is 18.2 Å². The fourth-order valence-electron chi connectivity index (χ4n) is 2.44. The number of imidazole rings is 1. The normalized spacial score (nSPS) is 11.8. The Hall–Kier alpha value is -1.84. The summed E-state index contributed by atoms with van der Waals surface area (Å²) in [5.41, 5.74) is 2.40. The summed E-state index contributed by atoms with van der Waals surface area (Å²) < 4.78 is 7.28. The number of fused-ring (bicyclic) bond motifs is 1. The Morgan fingerprint density at radius 2 is 2.05 bits per heavy atom. The maximum Gasteiger partial charge on any atom is 0.319 e. The molecular weight excluding hydrogens is 252 g/mol. The number of hydrogen-bond donors (Lipinski definition) is 0. The highest BCUT2D eigenvalue weighted by atomic mass is 16.5. The first-order valence-electron chi connectivity index (χ1n) is 7.06. The molecule has 2 rings (SSSR count). The molecule has 0 fully saturated rings. The quantitative estimate of drug-likeness (QED) is 0.804. The van der Waals surface area contributed by atoms with Gasteiger partial charge in [0.15, 0.2) is 0 Å². The summed E-state index contributed by atoms with van der Waals surface area (Å²) in [4.78, 5) is 16.9. The Balaban J connectivity index is 2.61. The number of carbonyl (C=O) groups is 1. The molecule has 0 amide bonds. The topological polar surface area (TPSA) is 44.1 Å². The van der Waals surface area contributed by atoms with E-state index in [9.17, 15) is 4.79 Å². The number of rotatable bonds is 4. The Morgan fingerprint density at radius 1 is 1.35 bits per heavy atom. The predicted octanol–water partition coefficient (Wildman–Crippen LogP) is 3.21. The van der Waals surface area contributed by atoms with Gasteiger partial charge in [-0.1, -0.05) is 6.07 Å². The first kappa shape index (κ1) is 14.6. The van der Waals surface area contributed by atoms with Crippen molar-refractivity contribution >= 4 is 17.0 Å². The monoisotopic (exact) mass is 274 g/mol. The van der Waals surface area contributed by atoms with Crippen molar-refractivity contribution in [2.75, 3.05) is 6.61 Å². The van der Waals surface area contributed by atoms with E-state index in [2.05, 4.69) is 28.6 Å². The standard InChI is InChI=1S/C16H22N2O2/c1-6-18-13-9-8-11(3)10-12(13)17-14(18)16(4,5)15(19)20-7-2/h8-10H,6-7H2,1-5H3. The molecule has 20 heavy (non-hydrogen) atoms. The van der Waals surface area contributed by atoms with Crippen LogP contribution in [0.5, 0.6) is 0 Å². The van der Waals surface area contributed by atoms with Crippen molar-refractivity contribution in [3.63, 3.8) is 0 Å². The van der Waals surface area contributed by atoms with Crippen LogP contribution >= 0.6 is 0 Å². The number of aromatic nitrogens is 2. The second-order valence-corrected chi connectivity index (χ2v) is 5.52. The molecule has 0 aliphatic heterocycles. The van der Waals surface area contributed by atoms with E-state index in [1.165, 1.54) is 5.56 Å². The third kappa shape index (κ3) is 2.30. The smallest absolute Gasteiger partial charge is 0.319 e.